The largest absolute Gasteiger partial charge is 0.465 e. The molecule has 0 saturated carbocycles. The van der Waals surface area contributed by atoms with E-state index < -0.39 is 6.09 Å². The quantitative estimate of drug-likeness (QED) is 0.514. The molecule has 0 spiro atoms. The lowest BCUT2D eigenvalue weighted by Gasteiger charge is -1.93. The van der Waals surface area contributed by atoms with E-state index in [0.29, 0.717) is 6.54 Å². The minimum atomic E-state index is -1.01. The van der Waals surface area contributed by atoms with Gasteiger partial charge < -0.3 is 16.2 Å². The highest BCUT2D eigenvalue weighted by atomic mass is 16.4. The highest BCUT2D eigenvalue weighted by molar-refractivity contribution is 5.64. The number of aryl methyl sites for hydroxylation is 1. The van der Waals surface area contributed by atoms with Crippen molar-refractivity contribution in [3.05, 3.63) is 42.5 Å². The van der Waals surface area contributed by atoms with Gasteiger partial charge in [-0.15, -0.1) is 6.58 Å². The van der Waals surface area contributed by atoms with Gasteiger partial charge >= 0.3 is 6.09 Å². The van der Waals surface area contributed by atoms with E-state index in [2.05, 4.69) is 11.9 Å². The second-order valence-electron chi connectivity index (χ2n) is 2.83. The second-order valence-corrected chi connectivity index (χ2v) is 2.83. The Morgan fingerprint density at radius 2 is 2.20 bits per heavy atom. The molecule has 4 nitrogen and oxygen atoms in total. The van der Waals surface area contributed by atoms with Crippen molar-refractivity contribution in [1.29, 1.82) is 0 Å². The fourth-order valence-corrected chi connectivity index (χ4v) is 0.746. The van der Waals surface area contributed by atoms with E-state index >= 15 is 0 Å². The van der Waals surface area contributed by atoms with Gasteiger partial charge in [0.05, 0.1) is 0 Å². The molecule has 4 N–H and O–H groups in total. The zero-order chi connectivity index (χ0) is 11.7. The van der Waals surface area contributed by atoms with Gasteiger partial charge in [-0.1, -0.05) is 24.3 Å². The molecule has 15 heavy (non-hydrogen) atoms. The van der Waals surface area contributed by atoms with E-state index in [9.17, 15) is 4.79 Å². The Hall–Kier alpha value is -1.97. The summed E-state index contributed by atoms with van der Waals surface area (Å²) in [6.07, 6.45) is 0.466. The number of nitrogens with one attached hydrogen (secondary N) is 1. The van der Waals surface area contributed by atoms with Crippen LogP contribution in [0.4, 0.5) is 10.5 Å². The van der Waals surface area contributed by atoms with E-state index in [1.54, 1.807) is 0 Å². The van der Waals surface area contributed by atoms with Crippen LogP contribution < -0.4 is 11.1 Å². The molecule has 0 atom stereocenters. The Morgan fingerprint density at radius 1 is 1.60 bits per heavy atom. The molecule has 4 heteroatoms. The van der Waals surface area contributed by atoms with Gasteiger partial charge in [-0.25, -0.2) is 4.79 Å². The molecule has 0 aliphatic rings. The van der Waals surface area contributed by atoms with Crippen LogP contribution in [0.15, 0.2) is 36.9 Å². The molecule has 0 unspecified atom stereocenters. The predicted molar refractivity (Wildman–Crippen MR) is 61.8 cm³/mol. The summed E-state index contributed by atoms with van der Waals surface area (Å²) >= 11 is 0. The smallest absolute Gasteiger partial charge is 0.404 e. The molecular formula is C11H16N2O2. The first-order valence-corrected chi connectivity index (χ1v) is 4.46. The summed E-state index contributed by atoms with van der Waals surface area (Å²) < 4.78 is 0. The maximum atomic E-state index is 9.60. The summed E-state index contributed by atoms with van der Waals surface area (Å²) in [6.45, 7) is 5.62. The average molecular weight is 208 g/mol. The van der Waals surface area contributed by atoms with Gasteiger partial charge in [0.15, 0.2) is 0 Å². The first-order chi connectivity index (χ1) is 7.07. The number of carbonyl (C=O) groups is 1. The maximum absolute atomic E-state index is 9.60. The number of amides is 1. The number of anilines is 1. The maximum Gasteiger partial charge on any atom is 0.404 e. The lowest BCUT2D eigenvalue weighted by atomic mass is 10.2. The van der Waals surface area contributed by atoms with Crippen molar-refractivity contribution in [2.75, 3.05) is 12.3 Å². The molecule has 1 aromatic carbocycles. The Labute approximate surface area is 89.4 Å². The number of nitrogen functional groups attached to an aromatic ring is 1. The fourth-order valence-electron chi connectivity index (χ4n) is 0.746. The van der Waals surface area contributed by atoms with Crippen molar-refractivity contribution >= 4 is 11.8 Å². The van der Waals surface area contributed by atoms with Gasteiger partial charge in [-0.2, -0.15) is 0 Å². The number of para-hydroxylation sites is 1. The van der Waals surface area contributed by atoms with Crippen molar-refractivity contribution in [3.63, 3.8) is 0 Å². The molecular weight excluding hydrogens is 192 g/mol. The van der Waals surface area contributed by atoms with Crippen LogP contribution in [-0.2, 0) is 0 Å². The first kappa shape index (κ1) is 13.0. The van der Waals surface area contributed by atoms with Crippen LogP contribution in [0.25, 0.3) is 0 Å². The zero-order valence-electron chi connectivity index (χ0n) is 8.73. The first-order valence-electron chi connectivity index (χ1n) is 4.46. The Kier molecular flexibility index (Phi) is 6.46. The molecule has 0 aliphatic heterocycles. The van der Waals surface area contributed by atoms with Gasteiger partial charge in [0.25, 0.3) is 0 Å². The molecule has 0 bridgehead atoms. The van der Waals surface area contributed by atoms with E-state index in [1.165, 1.54) is 6.08 Å². The second kappa shape index (κ2) is 7.44. The Balaban J connectivity index is 0.000000265. The van der Waals surface area contributed by atoms with Gasteiger partial charge in [0.2, 0.25) is 0 Å². The van der Waals surface area contributed by atoms with E-state index in [4.69, 9.17) is 10.8 Å². The Morgan fingerprint density at radius 3 is 2.47 bits per heavy atom. The summed E-state index contributed by atoms with van der Waals surface area (Å²) in [6, 6.07) is 7.80. The Bertz CT molecular complexity index is 303. The van der Waals surface area contributed by atoms with Crippen molar-refractivity contribution in [2.45, 2.75) is 6.92 Å². The molecule has 1 rings (SSSR count). The normalized spacial score (nSPS) is 8.33. The van der Waals surface area contributed by atoms with Crippen LogP contribution in [0.2, 0.25) is 0 Å². The average Bonchev–Trinajstić information content (AvgIpc) is 2.20. The van der Waals surface area contributed by atoms with Crippen molar-refractivity contribution in [2.24, 2.45) is 0 Å². The lowest BCUT2D eigenvalue weighted by molar-refractivity contribution is 0.195. The van der Waals surface area contributed by atoms with Crippen LogP contribution in [0.5, 0.6) is 0 Å². The van der Waals surface area contributed by atoms with Crippen molar-refractivity contribution in [1.82, 2.24) is 5.32 Å². The number of hydrogen-bond donors (Lipinski definition) is 3. The minimum Gasteiger partial charge on any atom is -0.465 e. The summed E-state index contributed by atoms with van der Waals surface area (Å²) in [7, 11) is 0. The standard InChI is InChI=1S/C7H9N.C4H7NO2/c1-6-4-2-3-5-7(6)8;1-2-3-5-4(6)7/h2-5H,8H2,1H3;2,5H,1,3H2,(H,6,7). The molecule has 0 fully saturated rings. The van der Waals surface area contributed by atoms with Crippen LogP contribution in [0.1, 0.15) is 5.56 Å². The van der Waals surface area contributed by atoms with E-state index in [0.717, 1.165) is 11.3 Å². The molecule has 0 aliphatic carbocycles. The lowest BCUT2D eigenvalue weighted by Crippen LogP contribution is -2.19. The van der Waals surface area contributed by atoms with Gasteiger partial charge in [0, 0.05) is 12.2 Å². The molecule has 1 aromatic rings. The van der Waals surface area contributed by atoms with E-state index in [-0.39, 0.29) is 0 Å². The van der Waals surface area contributed by atoms with Crippen LogP contribution in [0.3, 0.4) is 0 Å². The van der Waals surface area contributed by atoms with Gasteiger partial charge in [0.1, 0.15) is 0 Å². The fraction of sp³-hybridized carbons (Fsp3) is 0.182. The van der Waals surface area contributed by atoms with Gasteiger partial charge in [-0.05, 0) is 18.6 Å². The topological polar surface area (TPSA) is 75.3 Å². The van der Waals surface area contributed by atoms with Crippen molar-refractivity contribution in [3.8, 4) is 0 Å². The molecule has 82 valence electrons. The third kappa shape index (κ3) is 7.13. The van der Waals surface area contributed by atoms with Crippen LogP contribution in [0, 0.1) is 6.92 Å². The molecule has 0 saturated heterocycles. The minimum absolute atomic E-state index is 0.315. The van der Waals surface area contributed by atoms with Crippen LogP contribution in [-0.4, -0.2) is 17.7 Å². The third-order valence-electron chi connectivity index (χ3n) is 1.59. The molecule has 0 heterocycles. The summed E-state index contributed by atoms with van der Waals surface area (Å²) in [5, 5.41) is 9.98. The SMILES string of the molecule is C=CCNC(=O)O.Cc1ccccc1N. The zero-order valence-corrected chi connectivity index (χ0v) is 8.73. The number of rotatable bonds is 2. The number of benzene rings is 1. The van der Waals surface area contributed by atoms with Crippen LogP contribution >= 0.6 is 0 Å². The molecule has 0 aromatic heterocycles. The summed E-state index contributed by atoms with van der Waals surface area (Å²) in [4.78, 5) is 9.60. The summed E-state index contributed by atoms with van der Waals surface area (Å²) in [5.74, 6) is 0. The monoisotopic (exact) mass is 208 g/mol. The highest BCUT2D eigenvalue weighted by Crippen LogP contribution is 2.06. The molecule has 0 radical (unpaired) electrons. The molecule has 1 amide bonds. The predicted octanol–water partition coefficient (Wildman–Crippen LogP) is 2.02. The summed E-state index contributed by atoms with van der Waals surface area (Å²) in [5.41, 5.74) is 7.53. The number of carboxylic acid groups (broad SMARTS) is 1. The van der Waals surface area contributed by atoms with Gasteiger partial charge in [-0.3, -0.25) is 0 Å². The third-order valence-corrected chi connectivity index (χ3v) is 1.59. The van der Waals surface area contributed by atoms with Crippen molar-refractivity contribution < 1.29 is 9.90 Å². The number of nitrogens with two attached hydrogens (primary N) is 1. The van der Waals surface area contributed by atoms with E-state index in [1.807, 2.05) is 31.2 Å². The highest BCUT2D eigenvalue weighted by Gasteiger charge is 1.85. The number of hydrogen-bond acceptors (Lipinski definition) is 2.